The Morgan fingerprint density at radius 2 is 1.83 bits per heavy atom. The molecule has 4 N–H and O–H groups in total. The van der Waals surface area contributed by atoms with E-state index in [0.717, 1.165) is 50.8 Å². The van der Waals surface area contributed by atoms with Crippen molar-refractivity contribution in [1.29, 1.82) is 10.7 Å². The molecule has 1 unspecified atom stereocenters. The monoisotopic (exact) mass is 730 g/mol. The van der Waals surface area contributed by atoms with Gasteiger partial charge in [0.25, 0.3) is 5.91 Å². The average Bonchev–Trinajstić information content (AvgIpc) is 3.12. The average molecular weight is 731 g/mol. The summed E-state index contributed by atoms with van der Waals surface area (Å²) in [6.45, 7) is 12.1. The van der Waals surface area contributed by atoms with Crippen molar-refractivity contribution in [3.8, 4) is 11.8 Å². The number of aromatic nitrogens is 1. The Hall–Kier alpha value is -4.80. The first-order valence-electron chi connectivity index (χ1n) is 17.7. The number of imide groups is 1. The highest BCUT2D eigenvalue weighted by Crippen LogP contribution is 2.55. The van der Waals surface area contributed by atoms with Crippen LogP contribution in [-0.2, 0) is 20.8 Å². The largest absolute Gasteiger partial charge is 0.489 e. The topological polar surface area (TPSA) is 181 Å². The highest BCUT2D eigenvalue weighted by molar-refractivity contribution is 6.31. The first-order valence-corrected chi connectivity index (χ1v) is 18.1. The smallest absolute Gasteiger partial charge is 0.253 e. The molecule has 0 bridgehead atoms. The normalized spacial score (nSPS) is 22.7. The molecule has 3 heterocycles. The lowest BCUT2D eigenvalue weighted by molar-refractivity contribution is -0.164. The molecule has 14 heteroatoms. The third kappa shape index (κ3) is 8.80. The minimum absolute atomic E-state index is 0.148. The number of carbonyl (C=O) groups is 4. The maximum Gasteiger partial charge on any atom is 0.253 e. The van der Waals surface area contributed by atoms with Crippen molar-refractivity contribution in [2.45, 2.75) is 78.0 Å². The van der Waals surface area contributed by atoms with Crippen molar-refractivity contribution in [1.82, 2.24) is 30.7 Å². The van der Waals surface area contributed by atoms with Gasteiger partial charge in [-0.2, -0.15) is 5.26 Å². The van der Waals surface area contributed by atoms with Crippen LogP contribution in [0.15, 0.2) is 48.3 Å². The lowest BCUT2D eigenvalue weighted by Crippen LogP contribution is -2.74. The lowest BCUT2D eigenvalue weighted by atomic mass is 9.49. The minimum Gasteiger partial charge on any atom is -0.489 e. The molecule has 1 saturated carbocycles. The Balaban J connectivity index is 1.02. The molecule has 2 aromatic rings. The van der Waals surface area contributed by atoms with Crippen molar-refractivity contribution in [2.24, 2.45) is 10.8 Å². The quantitative estimate of drug-likeness (QED) is 0.104. The third-order valence-electron chi connectivity index (χ3n) is 10.4. The van der Waals surface area contributed by atoms with Crippen molar-refractivity contribution in [3.05, 3.63) is 70.1 Å². The summed E-state index contributed by atoms with van der Waals surface area (Å²) in [7, 11) is 0. The van der Waals surface area contributed by atoms with Crippen molar-refractivity contribution in [3.63, 3.8) is 0 Å². The number of hydrogen-bond acceptors (Lipinski definition) is 10. The van der Waals surface area contributed by atoms with E-state index in [4.69, 9.17) is 27.0 Å². The Morgan fingerprint density at radius 3 is 2.44 bits per heavy atom. The summed E-state index contributed by atoms with van der Waals surface area (Å²) in [6.07, 6.45) is 7.10. The molecule has 13 nitrogen and oxygen atoms in total. The number of nitrogens with one attached hydrogen (secondary N) is 4. The molecule has 5 rings (SSSR count). The van der Waals surface area contributed by atoms with E-state index in [1.807, 2.05) is 17.0 Å². The lowest BCUT2D eigenvalue weighted by Gasteiger charge is -2.63. The zero-order valence-electron chi connectivity index (χ0n) is 30.1. The molecular weight excluding hydrogens is 684 g/mol. The van der Waals surface area contributed by atoms with Gasteiger partial charge in [0.05, 0.1) is 21.8 Å². The maximum atomic E-state index is 13.3. The molecule has 1 aromatic heterocycles. The number of amides is 4. The van der Waals surface area contributed by atoms with Crippen LogP contribution in [0, 0.1) is 27.6 Å². The van der Waals surface area contributed by atoms with Gasteiger partial charge in [-0.1, -0.05) is 39.3 Å². The van der Waals surface area contributed by atoms with Gasteiger partial charge in [0.15, 0.2) is 0 Å². The molecule has 2 saturated heterocycles. The van der Waals surface area contributed by atoms with E-state index in [0.29, 0.717) is 40.7 Å². The Bertz CT molecular complexity index is 1750. The van der Waals surface area contributed by atoms with Gasteiger partial charge in [0.2, 0.25) is 17.7 Å². The zero-order valence-corrected chi connectivity index (χ0v) is 30.9. The number of hydrogen-bond donors (Lipinski definition) is 4. The van der Waals surface area contributed by atoms with Gasteiger partial charge in [-0.3, -0.25) is 34.4 Å². The van der Waals surface area contributed by atoms with E-state index in [2.05, 4.69) is 59.6 Å². The standard InChI is InChI=1S/C38H47ClN8O5/c1-37(2)35(38(3,4)36(37)52-28-11-9-24(21-40)29(39)20-28)45-33(50)25-8-10-26(42-23-25)7-5-6-14-46-15-17-47(18-16-46)27(22-41)19-32(49)43-30-12-13-31(48)44-34(30)51/h8-11,19-20,22-23,30,35-36,41H,5-7,12-18H2,1-4H3,(H,43,49)(H,45,50)(H,44,48,51)/b27-19+,41-22?. The van der Waals surface area contributed by atoms with Crippen molar-refractivity contribution < 1.29 is 23.9 Å². The van der Waals surface area contributed by atoms with Gasteiger partial charge in [-0.15, -0.1) is 0 Å². The van der Waals surface area contributed by atoms with Crippen LogP contribution in [-0.4, -0.2) is 95.5 Å². The van der Waals surface area contributed by atoms with E-state index in [9.17, 15) is 19.2 Å². The molecule has 0 radical (unpaired) electrons. The number of carbonyl (C=O) groups excluding carboxylic acids is 4. The number of allylic oxidation sites excluding steroid dienone is 1. The number of piperidine rings is 1. The van der Waals surface area contributed by atoms with Crippen molar-refractivity contribution >= 4 is 41.4 Å². The first-order chi connectivity index (χ1) is 24.7. The summed E-state index contributed by atoms with van der Waals surface area (Å²) in [5, 5.41) is 25.4. The Labute approximate surface area is 309 Å². The summed E-state index contributed by atoms with van der Waals surface area (Å²) < 4.78 is 6.33. The molecule has 1 aliphatic carbocycles. The number of rotatable bonds is 13. The zero-order chi connectivity index (χ0) is 37.6. The molecule has 3 aliphatic rings. The fourth-order valence-corrected chi connectivity index (χ4v) is 8.00. The maximum absolute atomic E-state index is 13.3. The number of pyridine rings is 1. The van der Waals surface area contributed by atoms with Gasteiger partial charge in [0.1, 0.15) is 24.0 Å². The van der Waals surface area contributed by atoms with Crippen LogP contribution in [0.5, 0.6) is 5.75 Å². The Kier molecular flexibility index (Phi) is 12.0. The molecule has 1 aromatic carbocycles. The van der Waals surface area contributed by atoms with E-state index >= 15 is 0 Å². The van der Waals surface area contributed by atoms with E-state index in [1.54, 1.807) is 24.4 Å². The second-order valence-electron chi connectivity index (χ2n) is 14.9. The molecule has 276 valence electrons. The fraction of sp³-hybridized carbons (Fsp3) is 0.500. The second-order valence-corrected chi connectivity index (χ2v) is 15.3. The molecule has 4 amide bonds. The number of nitriles is 1. The summed E-state index contributed by atoms with van der Waals surface area (Å²) in [4.78, 5) is 58.0. The van der Waals surface area contributed by atoms with Gasteiger partial charge >= 0.3 is 0 Å². The molecule has 2 aliphatic heterocycles. The summed E-state index contributed by atoms with van der Waals surface area (Å²) in [5.74, 6) is -0.908. The van der Waals surface area contributed by atoms with Crippen LogP contribution in [0.1, 0.15) is 75.0 Å². The van der Waals surface area contributed by atoms with Crippen LogP contribution in [0.25, 0.3) is 0 Å². The van der Waals surface area contributed by atoms with E-state index < -0.39 is 17.9 Å². The fourth-order valence-electron chi connectivity index (χ4n) is 7.79. The number of nitrogens with zero attached hydrogens (tertiary/aromatic N) is 4. The highest BCUT2D eigenvalue weighted by atomic mass is 35.5. The van der Waals surface area contributed by atoms with E-state index in [-0.39, 0.29) is 47.6 Å². The summed E-state index contributed by atoms with van der Waals surface area (Å²) in [5.41, 5.74) is 1.57. The number of aryl methyl sites for hydroxylation is 1. The van der Waals surface area contributed by atoms with Crippen LogP contribution < -0.4 is 20.7 Å². The number of ether oxygens (including phenoxy) is 1. The molecular formula is C38H47ClN8O5. The van der Waals surface area contributed by atoms with Crippen LogP contribution in [0.3, 0.4) is 0 Å². The second kappa shape index (κ2) is 16.3. The predicted octanol–water partition coefficient (Wildman–Crippen LogP) is 3.61. The van der Waals surface area contributed by atoms with E-state index in [1.165, 1.54) is 6.08 Å². The minimum atomic E-state index is -0.755. The number of unbranched alkanes of at least 4 members (excludes halogenated alkanes) is 1. The molecule has 1 atom stereocenters. The predicted molar refractivity (Wildman–Crippen MR) is 196 cm³/mol. The first kappa shape index (κ1) is 38.4. The highest BCUT2D eigenvalue weighted by Gasteiger charge is 2.64. The third-order valence-corrected chi connectivity index (χ3v) is 10.7. The van der Waals surface area contributed by atoms with Crippen LogP contribution >= 0.6 is 11.6 Å². The number of benzene rings is 1. The van der Waals surface area contributed by atoms with Crippen LogP contribution in [0.4, 0.5) is 0 Å². The van der Waals surface area contributed by atoms with Crippen LogP contribution in [0.2, 0.25) is 5.02 Å². The van der Waals surface area contributed by atoms with Gasteiger partial charge < -0.3 is 25.7 Å². The Morgan fingerprint density at radius 1 is 1.10 bits per heavy atom. The number of piperazine rings is 1. The SMILES string of the molecule is CC1(C)C(NC(=O)c2ccc(CCCCN3CCN(/C(C=N)=C/C(=O)NC4CCC(=O)NC4=O)CC3)nc2)C(C)(C)C1Oc1ccc(C#N)c(Cl)c1. The van der Waals surface area contributed by atoms with Gasteiger partial charge in [-0.25, -0.2) is 0 Å². The summed E-state index contributed by atoms with van der Waals surface area (Å²) in [6, 6.07) is 9.93. The molecule has 3 fully saturated rings. The number of halogens is 1. The van der Waals surface area contributed by atoms with Gasteiger partial charge in [-0.05, 0) is 56.5 Å². The summed E-state index contributed by atoms with van der Waals surface area (Å²) >= 11 is 6.22. The van der Waals surface area contributed by atoms with Gasteiger partial charge in [0, 0.05) is 79.7 Å². The molecule has 0 spiro atoms. The van der Waals surface area contributed by atoms with Crippen molar-refractivity contribution in [2.75, 3.05) is 32.7 Å². The molecule has 52 heavy (non-hydrogen) atoms.